The molecule has 0 bridgehead atoms. The topological polar surface area (TPSA) is 68.3 Å². The molecule has 0 heterocycles. The largest absolute Gasteiger partial charge is 0.222 e. The first-order valence-electron chi connectivity index (χ1n) is 8.78. The van der Waals surface area contributed by atoms with Crippen molar-refractivity contribution in [2.75, 3.05) is 5.75 Å². The van der Waals surface area contributed by atoms with Crippen LogP contribution in [0.4, 0.5) is 0 Å². The van der Waals surface area contributed by atoms with E-state index in [1.807, 2.05) is 6.07 Å². The lowest BCUT2D eigenvalue weighted by Gasteiger charge is -2.18. The first-order valence-corrected chi connectivity index (χ1v) is 13.2. The zero-order chi connectivity index (χ0) is 20.9. The fourth-order valence-electron chi connectivity index (χ4n) is 2.83. The average molecular weight is 467 g/mol. The number of benzene rings is 3. The van der Waals surface area contributed by atoms with Crippen molar-refractivity contribution in [1.82, 2.24) is 0 Å². The number of sulfone groups is 2. The minimum atomic E-state index is -4.10. The lowest BCUT2D eigenvalue weighted by atomic mass is 10.4. The molecule has 0 unspecified atom stereocenters. The molecule has 3 aromatic carbocycles. The summed E-state index contributed by atoms with van der Waals surface area (Å²) in [5.41, 5.74) is 0. The van der Waals surface area contributed by atoms with Crippen LogP contribution in [0.1, 0.15) is 6.42 Å². The SMILES string of the molecule is O=S(=O)(c1ccccc1)C(CCSc1cccc(Cl)c1)S(=O)(=O)c1ccccc1. The van der Waals surface area contributed by atoms with Gasteiger partial charge in [-0.05, 0) is 48.9 Å². The summed E-state index contributed by atoms with van der Waals surface area (Å²) in [5.74, 6) is 0.309. The third-order valence-electron chi connectivity index (χ3n) is 4.25. The highest BCUT2D eigenvalue weighted by atomic mass is 35.5. The van der Waals surface area contributed by atoms with Crippen molar-refractivity contribution >= 4 is 43.0 Å². The van der Waals surface area contributed by atoms with Gasteiger partial charge in [0.05, 0.1) is 9.79 Å². The Hall–Kier alpha value is -1.80. The quantitative estimate of drug-likeness (QED) is 0.432. The molecule has 0 aliphatic heterocycles. The maximum Gasteiger partial charge on any atom is 0.195 e. The molecule has 29 heavy (non-hydrogen) atoms. The molecule has 0 saturated heterocycles. The predicted octanol–water partition coefficient (Wildman–Crippen LogP) is 5.10. The molecule has 0 amide bonds. The molecule has 0 radical (unpaired) electrons. The van der Waals surface area contributed by atoms with E-state index in [4.69, 9.17) is 11.6 Å². The zero-order valence-electron chi connectivity index (χ0n) is 15.3. The van der Waals surface area contributed by atoms with Gasteiger partial charge < -0.3 is 0 Å². The van der Waals surface area contributed by atoms with Crippen molar-refractivity contribution < 1.29 is 16.8 Å². The van der Waals surface area contributed by atoms with Crippen LogP contribution in [0.3, 0.4) is 0 Å². The summed E-state index contributed by atoms with van der Waals surface area (Å²) < 4.78 is 51.4. The van der Waals surface area contributed by atoms with Crippen LogP contribution in [0.25, 0.3) is 0 Å². The van der Waals surface area contributed by atoms with E-state index < -0.39 is 24.3 Å². The summed E-state index contributed by atoms with van der Waals surface area (Å²) in [6.07, 6.45) is -0.0500. The van der Waals surface area contributed by atoms with Gasteiger partial charge in [0.1, 0.15) is 0 Å². The van der Waals surface area contributed by atoms with Crippen LogP contribution in [-0.4, -0.2) is 27.2 Å². The molecule has 0 N–H and O–H groups in total. The minimum Gasteiger partial charge on any atom is -0.222 e. The molecule has 0 fully saturated rings. The summed E-state index contributed by atoms with van der Waals surface area (Å²) in [7, 11) is -8.19. The Morgan fingerprint density at radius 2 is 1.24 bits per heavy atom. The van der Waals surface area contributed by atoms with Gasteiger partial charge in [-0.3, -0.25) is 0 Å². The third-order valence-corrected chi connectivity index (χ3v) is 10.8. The molecule has 3 aromatic rings. The van der Waals surface area contributed by atoms with E-state index >= 15 is 0 Å². The van der Waals surface area contributed by atoms with Crippen molar-refractivity contribution in [3.63, 3.8) is 0 Å². The summed E-state index contributed by atoms with van der Waals surface area (Å²) in [4.78, 5) is 0.847. The number of hydrogen-bond acceptors (Lipinski definition) is 5. The highest BCUT2D eigenvalue weighted by Gasteiger charge is 2.39. The molecular weight excluding hydrogens is 448 g/mol. The number of thioether (sulfide) groups is 1. The number of halogens is 1. The Morgan fingerprint density at radius 1 is 0.724 bits per heavy atom. The maximum absolute atomic E-state index is 13.2. The fraction of sp³-hybridized carbons (Fsp3) is 0.143. The van der Waals surface area contributed by atoms with Crippen LogP contribution in [0.5, 0.6) is 0 Å². The van der Waals surface area contributed by atoms with Crippen molar-refractivity contribution in [2.24, 2.45) is 0 Å². The van der Waals surface area contributed by atoms with E-state index in [-0.39, 0.29) is 16.2 Å². The summed E-state index contributed by atoms with van der Waals surface area (Å²) in [6, 6.07) is 22.6. The fourth-order valence-corrected chi connectivity index (χ4v) is 8.90. The van der Waals surface area contributed by atoms with Gasteiger partial charge >= 0.3 is 0 Å². The molecule has 152 valence electrons. The van der Waals surface area contributed by atoms with E-state index in [1.165, 1.54) is 36.0 Å². The number of hydrogen-bond donors (Lipinski definition) is 0. The average Bonchev–Trinajstić information content (AvgIpc) is 2.72. The smallest absolute Gasteiger partial charge is 0.195 e. The third kappa shape index (κ3) is 5.22. The van der Waals surface area contributed by atoms with E-state index in [1.54, 1.807) is 54.6 Å². The second kappa shape index (κ2) is 9.34. The van der Waals surface area contributed by atoms with Gasteiger partial charge in [-0.25, -0.2) is 16.8 Å². The van der Waals surface area contributed by atoms with Crippen LogP contribution >= 0.6 is 23.4 Å². The van der Waals surface area contributed by atoms with Crippen molar-refractivity contribution in [3.05, 3.63) is 90.0 Å². The van der Waals surface area contributed by atoms with Crippen molar-refractivity contribution in [1.29, 1.82) is 0 Å². The molecule has 0 aromatic heterocycles. The van der Waals surface area contributed by atoms with Crippen LogP contribution in [0.15, 0.2) is 99.6 Å². The summed E-state index contributed by atoms with van der Waals surface area (Å²) in [5, 5.41) is 0.570. The molecule has 0 aliphatic rings. The Kier molecular flexibility index (Phi) is 7.05. The first kappa shape index (κ1) is 21.9. The Labute approximate surface area is 180 Å². The second-order valence-corrected chi connectivity index (χ2v) is 12.4. The molecule has 0 spiro atoms. The molecule has 3 rings (SSSR count). The minimum absolute atomic E-state index is 0.00254. The predicted molar refractivity (Wildman–Crippen MR) is 118 cm³/mol. The van der Waals surface area contributed by atoms with Gasteiger partial charge in [0.2, 0.25) is 0 Å². The summed E-state index contributed by atoms with van der Waals surface area (Å²) in [6.45, 7) is 0. The van der Waals surface area contributed by atoms with Crippen LogP contribution < -0.4 is 0 Å². The standard InChI is InChI=1S/C21H19ClO4S3/c22-17-8-7-9-18(16-17)27-15-14-21(28(23,24)19-10-3-1-4-11-19)29(25,26)20-12-5-2-6-13-20/h1-13,16,21H,14-15H2. The van der Waals surface area contributed by atoms with Gasteiger partial charge in [-0.15, -0.1) is 11.8 Å². The van der Waals surface area contributed by atoms with E-state index in [0.717, 1.165) is 4.90 Å². The maximum atomic E-state index is 13.2. The highest BCUT2D eigenvalue weighted by Crippen LogP contribution is 2.30. The van der Waals surface area contributed by atoms with E-state index in [0.29, 0.717) is 10.8 Å². The molecule has 8 heteroatoms. The Morgan fingerprint density at radius 3 is 1.72 bits per heavy atom. The van der Waals surface area contributed by atoms with Crippen LogP contribution in [0.2, 0.25) is 5.02 Å². The van der Waals surface area contributed by atoms with Gasteiger partial charge in [-0.1, -0.05) is 54.1 Å². The van der Waals surface area contributed by atoms with Gasteiger partial charge in [0.15, 0.2) is 24.3 Å². The molecule has 4 nitrogen and oxygen atoms in total. The zero-order valence-corrected chi connectivity index (χ0v) is 18.5. The molecular formula is C21H19ClO4S3. The van der Waals surface area contributed by atoms with E-state index in [2.05, 4.69) is 0 Å². The van der Waals surface area contributed by atoms with Crippen molar-refractivity contribution in [3.8, 4) is 0 Å². The molecule has 0 atom stereocenters. The van der Waals surface area contributed by atoms with E-state index in [9.17, 15) is 16.8 Å². The molecule has 0 saturated carbocycles. The van der Waals surface area contributed by atoms with Gasteiger partial charge in [-0.2, -0.15) is 0 Å². The van der Waals surface area contributed by atoms with Gasteiger partial charge in [0.25, 0.3) is 0 Å². The van der Waals surface area contributed by atoms with Gasteiger partial charge in [0, 0.05) is 15.7 Å². The Balaban J connectivity index is 1.94. The normalized spacial score (nSPS) is 12.2. The lowest BCUT2D eigenvalue weighted by Crippen LogP contribution is -2.31. The van der Waals surface area contributed by atoms with Crippen LogP contribution in [-0.2, 0) is 19.7 Å². The number of rotatable bonds is 8. The lowest BCUT2D eigenvalue weighted by molar-refractivity contribution is 0.572. The monoisotopic (exact) mass is 466 g/mol. The second-order valence-electron chi connectivity index (χ2n) is 6.24. The highest BCUT2D eigenvalue weighted by molar-refractivity contribution is 8.09. The van der Waals surface area contributed by atoms with Crippen LogP contribution in [0, 0.1) is 0 Å². The Bertz CT molecular complexity index is 1090. The first-order chi connectivity index (χ1) is 13.8. The van der Waals surface area contributed by atoms with Crippen molar-refractivity contribution in [2.45, 2.75) is 25.7 Å². The summed E-state index contributed by atoms with van der Waals surface area (Å²) >= 11 is 7.36. The molecule has 0 aliphatic carbocycles.